The van der Waals surface area contributed by atoms with E-state index >= 15 is 0 Å². The van der Waals surface area contributed by atoms with E-state index in [0.29, 0.717) is 18.4 Å². The van der Waals surface area contributed by atoms with E-state index in [1.807, 2.05) is 26.1 Å². The molecular weight excluding hydrogens is 412 g/mol. The standard InChI is InChI=1S/C21H28N8OS/c1-15-10-23-20(24-18-9-16(2)26-31-18)25-19(15)28-13-21(14-28,3-4-22)29-6-5-27-7-8-30-12-17(27)11-29/h9-10,17H,3,5-8,11-14H2,1-2H3,(H,23,24,25)/t17-/m0/s1. The number of rotatable bonds is 5. The van der Waals surface area contributed by atoms with E-state index in [9.17, 15) is 5.26 Å². The summed E-state index contributed by atoms with van der Waals surface area (Å²) in [6.07, 6.45) is 2.40. The molecule has 0 aromatic carbocycles. The number of fused-ring (bicyclic) bond motifs is 1. The fraction of sp³-hybridized carbons (Fsp3) is 0.619. The van der Waals surface area contributed by atoms with Crippen molar-refractivity contribution in [2.45, 2.75) is 31.8 Å². The van der Waals surface area contributed by atoms with Gasteiger partial charge < -0.3 is 15.0 Å². The van der Waals surface area contributed by atoms with Crippen molar-refractivity contribution >= 4 is 28.3 Å². The summed E-state index contributed by atoms with van der Waals surface area (Å²) in [6.45, 7) is 11.3. The number of nitrogens with one attached hydrogen (secondary N) is 1. The van der Waals surface area contributed by atoms with Crippen molar-refractivity contribution in [3.8, 4) is 6.07 Å². The molecule has 0 amide bonds. The Kier molecular flexibility index (Phi) is 5.52. The highest BCUT2D eigenvalue weighted by Crippen LogP contribution is 2.37. The molecule has 1 N–H and O–H groups in total. The summed E-state index contributed by atoms with van der Waals surface area (Å²) in [4.78, 5) is 16.6. The summed E-state index contributed by atoms with van der Waals surface area (Å²) in [7, 11) is 0. The molecule has 5 heterocycles. The minimum Gasteiger partial charge on any atom is -0.378 e. The highest BCUT2D eigenvalue weighted by Gasteiger charge is 2.50. The van der Waals surface area contributed by atoms with Gasteiger partial charge in [0.15, 0.2) is 0 Å². The Morgan fingerprint density at radius 3 is 2.97 bits per heavy atom. The van der Waals surface area contributed by atoms with Crippen molar-refractivity contribution in [3.63, 3.8) is 0 Å². The van der Waals surface area contributed by atoms with Crippen LogP contribution in [0.3, 0.4) is 0 Å². The fourth-order valence-corrected chi connectivity index (χ4v) is 5.56. The minimum absolute atomic E-state index is 0.113. The van der Waals surface area contributed by atoms with E-state index in [0.717, 1.165) is 74.6 Å². The minimum atomic E-state index is -0.113. The van der Waals surface area contributed by atoms with Gasteiger partial charge in [-0.1, -0.05) is 0 Å². The summed E-state index contributed by atoms with van der Waals surface area (Å²) in [5.74, 6) is 1.52. The molecule has 3 fully saturated rings. The summed E-state index contributed by atoms with van der Waals surface area (Å²) in [5, 5.41) is 13.8. The number of aromatic nitrogens is 3. The second-order valence-electron chi connectivity index (χ2n) is 8.78. The van der Waals surface area contributed by atoms with Crippen molar-refractivity contribution in [1.29, 1.82) is 5.26 Å². The van der Waals surface area contributed by atoms with E-state index in [1.165, 1.54) is 11.5 Å². The third-order valence-electron chi connectivity index (χ3n) is 6.59. The smallest absolute Gasteiger partial charge is 0.229 e. The third kappa shape index (κ3) is 3.99. The number of hydrogen-bond acceptors (Lipinski definition) is 10. The Morgan fingerprint density at radius 2 is 2.19 bits per heavy atom. The van der Waals surface area contributed by atoms with Crippen molar-refractivity contribution < 1.29 is 4.74 Å². The van der Waals surface area contributed by atoms with Crippen LogP contribution in [-0.2, 0) is 4.74 Å². The van der Waals surface area contributed by atoms with Gasteiger partial charge in [-0.2, -0.15) is 14.6 Å². The van der Waals surface area contributed by atoms with Crippen LogP contribution in [0, 0.1) is 25.2 Å². The van der Waals surface area contributed by atoms with E-state index in [1.54, 1.807) is 0 Å². The maximum absolute atomic E-state index is 9.58. The second-order valence-corrected chi connectivity index (χ2v) is 9.59. The fourth-order valence-electron chi connectivity index (χ4n) is 4.91. The lowest BCUT2D eigenvalue weighted by molar-refractivity contribution is -0.0753. The largest absolute Gasteiger partial charge is 0.378 e. The first kappa shape index (κ1) is 20.6. The van der Waals surface area contributed by atoms with Crippen LogP contribution < -0.4 is 10.2 Å². The topological polar surface area (TPSA) is 93.4 Å². The molecule has 31 heavy (non-hydrogen) atoms. The molecule has 3 saturated heterocycles. The van der Waals surface area contributed by atoms with Gasteiger partial charge in [-0.05, 0) is 31.4 Å². The zero-order valence-electron chi connectivity index (χ0n) is 18.0. The van der Waals surface area contributed by atoms with E-state index in [-0.39, 0.29) is 5.54 Å². The average molecular weight is 441 g/mol. The molecule has 0 aliphatic carbocycles. The van der Waals surface area contributed by atoms with Gasteiger partial charge in [-0.3, -0.25) is 9.80 Å². The number of anilines is 3. The number of ether oxygens (including phenoxy) is 1. The van der Waals surface area contributed by atoms with Crippen molar-refractivity contribution in [2.75, 3.05) is 62.7 Å². The second kappa shape index (κ2) is 8.31. The number of nitrogens with zero attached hydrogens (tertiary/aromatic N) is 7. The summed E-state index contributed by atoms with van der Waals surface area (Å²) >= 11 is 1.41. The molecule has 5 rings (SSSR count). The number of nitriles is 1. The van der Waals surface area contributed by atoms with Gasteiger partial charge in [0.1, 0.15) is 10.8 Å². The zero-order chi connectivity index (χ0) is 21.4. The Hall–Kier alpha value is -2.32. The van der Waals surface area contributed by atoms with Crippen molar-refractivity contribution in [3.05, 3.63) is 23.5 Å². The molecule has 0 radical (unpaired) electrons. The molecule has 0 spiro atoms. The maximum Gasteiger partial charge on any atom is 0.229 e. The summed E-state index contributed by atoms with van der Waals surface area (Å²) in [6, 6.07) is 4.88. The van der Waals surface area contributed by atoms with Gasteiger partial charge in [0.25, 0.3) is 0 Å². The van der Waals surface area contributed by atoms with Crippen LogP contribution in [-0.4, -0.2) is 88.2 Å². The Bertz CT molecular complexity index is 982. The lowest BCUT2D eigenvalue weighted by atomic mass is 9.83. The normalized spacial score (nSPS) is 23.6. The molecule has 3 aliphatic heterocycles. The van der Waals surface area contributed by atoms with Crippen LogP contribution in [0.2, 0.25) is 0 Å². The maximum atomic E-state index is 9.58. The summed E-state index contributed by atoms with van der Waals surface area (Å²) < 4.78 is 10.0. The highest BCUT2D eigenvalue weighted by molar-refractivity contribution is 7.10. The van der Waals surface area contributed by atoms with Crippen LogP contribution in [0.1, 0.15) is 17.7 Å². The van der Waals surface area contributed by atoms with Gasteiger partial charge in [-0.25, -0.2) is 4.98 Å². The van der Waals surface area contributed by atoms with Gasteiger partial charge >= 0.3 is 0 Å². The zero-order valence-corrected chi connectivity index (χ0v) is 18.9. The monoisotopic (exact) mass is 440 g/mol. The van der Waals surface area contributed by atoms with Gasteiger partial charge in [-0.15, -0.1) is 0 Å². The number of aryl methyl sites for hydroxylation is 2. The Morgan fingerprint density at radius 1 is 1.32 bits per heavy atom. The first-order chi connectivity index (χ1) is 15.1. The SMILES string of the molecule is Cc1cc(Nc2ncc(C)c(N3CC(CC#N)(N4CCN5CCOC[C@@H]5C4)C3)n2)sn1. The van der Waals surface area contributed by atoms with E-state index in [2.05, 4.69) is 35.4 Å². The quantitative estimate of drug-likeness (QED) is 0.747. The van der Waals surface area contributed by atoms with Crippen LogP contribution in [0.15, 0.2) is 12.3 Å². The van der Waals surface area contributed by atoms with Gasteiger partial charge in [0.05, 0.1) is 36.9 Å². The van der Waals surface area contributed by atoms with Gasteiger partial charge in [0, 0.05) is 57.1 Å². The molecule has 9 nitrogen and oxygen atoms in total. The third-order valence-corrected chi connectivity index (χ3v) is 7.39. The lowest BCUT2D eigenvalue weighted by Gasteiger charge is -2.59. The van der Waals surface area contributed by atoms with E-state index in [4.69, 9.17) is 9.72 Å². The molecule has 2 aromatic rings. The highest BCUT2D eigenvalue weighted by atomic mass is 32.1. The molecule has 0 bridgehead atoms. The average Bonchev–Trinajstić information content (AvgIpc) is 3.16. The molecule has 0 saturated carbocycles. The molecular formula is C21H28N8OS. The number of hydrogen-bond donors (Lipinski definition) is 1. The number of piperazine rings is 1. The lowest BCUT2D eigenvalue weighted by Crippen LogP contribution is -2.74. The summed E-state index contributed by atoms with van der Waals surface area (Å²) in [5.41, 5.74) is 1.91. The molecule has 3 aliphatic rings. The Balaban J connectivity index is 1.30. The molecule has 2 aromatic heterocycles. The van der Waals surface area contributed by atoms with Crippen molar-refractivity contribution in [1.82, 2.24) is 24.1 Å². The molecule has 164 valence electrons. The molecule has 1 atom stereocenters. The van der Waals surface area contributed by atoms with Crippen LogP contribution >= 0.6 is 11.5 Å². The number of morpholine rings is 1. The first-order valence-corrected chi connectivity index (χ1v) is 11.6. The Labute approximate surface area is 186 Å². The van der Waals surface area contributed by atoms with E-state index < -0.39 is 0 Å². The predicted molar refractivity (Wildman–Crippen MR) is 120 cm³/mol. The van der Waals surface area contributed by atoms with Gasteiger partial charge in [0.2, 0.25) is 5.95 Å². The van der Waals surface area contributed by atoms with Crippen LogP contribution in [0.25, 0.3) is 0 Å². The van der Waals surface area contributed by atoms with Crippen molar-refractivity contribution in [2.24, 2.45) is 0 Å². The van der Waals surface area contributed by atoms with Crippen LogP contribution in [0.4, 0.5) is 16.8 Å². The molecule has 0 unspecified atom stereocenters. The predicted octanol–water partition coefficient (Wildman–Crippen LogP) is 1.78. The van der Waals surface area contributed by atoms with Crippen LogP contribution in [0.5, 0.6) is 0 Å². The molecule has 10 heteroatoms. The first-order valence-electron chi connectivity index (χ1n) is 10.8.